The SMILES string of the molecule is Cc1ccc(C(=O)c2ccc(Br)c3ccccc23)cc1C. The lowest BCUT2D eigenvalue weighted by molar-refractivity contribution is 0.104. The Hall–Kier alpha value is -1.93. The number of benzene rings is 3. The molecule has 2 heteroatoms. The molecule has 0 fully saturated rings. The summed E-state index contributed by atoms with van der Waals surface area (Å²) in [5.41, 5.74) is 3.83. The van der Waals surface area contributed by atoms with Crippen LogP contribution in [0.2, 0.25) is 0 Å². The quantitative estimate of drug-likeness (QED) is 0.568. The lowest BCUT2D eigenvalue weighted by atomic mass is 9.95. The highest BCUT2D eigenvalue weighted by Gasteiger charge is 2.14. The first-order valence-electron chi connectivity index (χ1n) is 6.87. The highest BCUT2D eigenvalue weighted by Crippen LogP contribution is 2.28. The van der Waals surface area contributed by atoms with Crippen molar-refractivity contribution < 1.29 is 4.79 Å². The molecular formula is C19H15BrO. The number of fused-ring (bicyclic) bond motifs is 1. The molecule has 0 aromatic heterocycles. The molecule has 0 aliphatic heterocycles. The third-order valence-corrected chi connectivity index (χ3v) is 4.58. The van der Waals surface area contributed by atoms with Crippen molar-refractivity contribution in [2.75, 3.05) is 0 Å². The molecule has 1 nitrogen and oxygen atoms in total. The lowest BCUT2D eigenvalue weighted by Gasteiger charge is -2.09. The van der Waals surface area contributed by atoms with E-state index in [0.29, 0.717) is 0 Å². The van der Waals surface area contributed by atoms with E-state index in [2.05, 4.69) is 22.9 Å². The summed E-state index contributed by atoms with van der Waals surface area (Å²) in [4.78, 5) is 12.8. The summed E-state index contributed by atoms with van der Waals surface area (Å²) in [5.74, 6) is 0.0711. The second-order valence-electron chi connectivity index (χ2n) is 5.27. The van der Waals surface area contributed by atoms with Crippen LogP contribution in [0.3, 0.4) is 0 Å². The highest BCUT2D eigenvalue weighted by molar-refractivity contribution is 9.10. The van der Waals surface area contributed by atoms with Crippen LogP contribution in [-0.2, 0) is 0 Å². The van der Waals surface area contributed by atoms with Crippen LogP contribution in [0.25, 0.3) is 10.8 Å². The molecule has 0 radical (unpaired) electrons. The van der Waals surface area contributed by atoms with Gasteiger partial charge in [0.05, 0.1) is 0 Å². The zero-order valence-electron chi connectivity index (χ0n) is 12.0. The standard InChI is InChI=1S/C19H15BrO/c1-12-7-8-14(11-13(12)2)19(21)17-9-10-18(20)16-6-4-3-5-15(16)17/h3-11H,1-2H3. The fourth-order valence-corrected chi connectivity index (χ4v) is 2.98. The third kappa shape index (κ3) is 2.52. The maximum absolute atomic E-state index is 12.8. The van der Waals surface area contributed by atoms with Crippen LogP contribution in [0.15, 0.2) is 59.1 Å². The molecule has 0 saturated carbocycles. The van der Waals surface area contributed by atoms with E-state index in [9.17, 15) is 4.79 Å². The minimum atomic E-state index is 0.0711. The predicted octanol–water partition coefficient (Wildman–Crippen LogP) is 5.45. The van der Waals surface area contributed by atoms with Gasteiger partial charge < -0.3 is 0 Å². The Morgan fingerprint density at radius 1 is 0.857 bits per heavy atom. The number of carbonyl (C=O) groups excluding carboxylic acids is 1. The number of hydrogen-bond donors (Lipinski definition) is 0. The van der Waals surface area contributed by atoms with Gasteiger partial charge >= 0.3 is 0 Å². The smallest absolute Gasteiger partial charge is 0.193 e. The monoisotopic (exact) mass is 338 g/mol. The minimum absolute atomic E-state index is 0.0711. The topological polar surface area (TPSA) is 17.1 Å². The largest absolute Gasteiger partial charge is 0.289 e. The molecule has 21 heavy (non-hydrogen) atoms. The molecule has 0 spiro atoms. The van der Waals surface area contributed by atoms with Crippen LogP contribution in [0.5, 0.6) is 0 Å². The van der Waals surface area contributed by atoms with Crippen molar-refractivity contribution in [1.29, 1.82) is 0 Å². The average Bonchev–Trinajstić information content (AvgIpc) is 2.50. The van der Waals surface area contributed by atoms with Gasteiger partial charge in [-0.3, -0.25) is 4.79 Å². The first-order chi connectivity index (χ1) is 10.1. The van der Waals surface area contributed by atoms with E-state index in [1.807, 2.05) is 61.5 Å². The second kappa shape index (κ2) is 5.45. The molecule has 0 atom stereocenters. The van der Waals surface area contributed by atoms with Gasteiger partial charge in [0.1, 0.15) is 0 Å². The first-order valence-corrected chi connectivity index (χ1v) is 7.66. The summed E-state index contributed by atoms with van der Waals surface area (Å²) < 4.78 is 1.01. The van der Waals surface area contributed by atoms with E-state index in [-0.39, 0.29) is 5.78 Å². The number of halogens is 1. The van der Waals surface area contributed by atoms with E-state index >= 15 is 0 Å². The van der Waals surface area contributed by atoms with Gasteiger partial charge in [0.25, 0.3) is 0 Å². The molecule has 0 saturated heterocycles. The maximum atomic E-state index is 12.8. The molecule has 104 valence electrons. The van der Waals surface area contributed by atoms with Gasteiger partial charge in [0, 0.05) is 15.6 Å². The molecule has 3 aromatic carbocycles. The van der Waals surface area contributed by atoms with Crippen LogP contribution in [0.4, 0.5) is 0 Å². The zero-order valence-corrected chi connectivity index (χ0v) is 13.6. The summed E-state index contributed by atoms with van der Waals surface area (Å²) in [6, 6.07) is 17.7. The Bertz CT molecular complexity index is 849. The minimum Gasteiger partial charge on any atom is -0.289 e. The first kappa shape index (κ1) is 14.0. The van der Waals surface area contributed by atoms with Crippen molar-refractivity contribution >= 4 is 32.5 Å². The molecular weight excluding hydrogens is 324 g/mol. The van der Waals surface area contributed by atoms with Crippen molar-refractivity contribution in [3.05, 3.63) is 81.3 Å². The van der Waals surface area contributed by atoms with Crippen molar-refractivity contribution in [3.63, 3.8) is 0 Å². The number of ketones is 1. The Morgan fingerprint density at radius 2 is 1.57 bits per heavy atom. The molecule has 0 N–H and O–H groups in total. The fraction of sp³-hybridized carbons (Fsp3) is 0.105. The predicted molar refractivity (Wildman–Crippen MR) is 91.0 cm³/mol. The molecule has 3 aromatic rings. The Labute approximate surface area is 132 Å². The lowest BCUT2D eigenvalue weighted by Crippen LogP contribution is -2.03. The van der Waals surface area contributed by atoms with Gasteiger partial charge in [-0.1, -0.05) is 52.3 Å². The molecule has 0 aliphatic carbocycles. The van der Waals surface area contributed by atoms with Crippen LogP contribution >= 0.6 is 15.9 Å². The fourth-order valence-electron chi connectivity index (χ4n) is 2.50. The van der Waals surface area contributed by atoms with Crippen LogP contribution < -0.4 is 0 Å². The molecule has 0 aliphatic rings. The Balaban J connectivity index is 2.18. The normalized spacial score (nSPS) is 10.8. The van der Waals surface area contributed by atoms with Crippen LogP contribution in [0, 0.1) is 13.8 Å². The Morgan fingerprint density at radius 3 is 2.29 bits per heavy atom. The van der Waals surface area contributed by atoms with E-state index < -0.39 is 0 Å². The molecule has 0 unspecified atom stereocenters. The number of rotatable bonds is 2. The summed E-state index contributed by atoms with van der Waals surface area (Å²) in [5, 5.41) is 2.04. The van der Waals surface area contributed by atoms with Crippen molar-refractivity contribution in [3.8, 4) is 0 Å². The van der Waals surface area contributed by atoms with Gasteiger partial charge in [-0.15, -0.1) is 0 Å². The van der Waals surface area contributed by atoms with E-state index in [4.69, 9.17) is 0 Å². The molecule has 0 amide bonds. The summed E-state index contributed by atoms with van der Waals surface area (Å²) in [6.45, 7) is 4.09. The van der Waals surface area contributed by atoms with Crippen molar-refractivity contribution in [2.45, 2.75) is 13.8 Å². The second-order valence-corrected chi connectivity index (χ2v) is 6.12. The molecule has 0 heterocycles. The van der Waals surface area contributed by atoms with E-state index in [0.717, 1.165) is 31.9 Å². The van der Waals surface area contributed by atoms with Crippen molar-refractivity contribution in [1.82, 2.24) is 0 Å². The molecule has 0 bridgehead atoms. The van der Waals surface area contributed by atoms with Gasteiger partial charge in [0.15, 0.2) is 5.78 Å². The van der Waals surface area contributed by atoms with Gasteiger partial charge in [-0.2, -0.15) is 0 Å². The van der Waals surface area contributed by atoms with E-state index in [1.165, 1.54) is 5.56 Å². The van der Waals surface area contributed by atoms with Gasteiger partial charge in [-0.25, -0.2) is 0 Å². The highest BCUT2D eigenvalue weighted by atomic mass is 79.9. The van der Waals surface area contributed by atoms with Gasteiger partial charge in [-0.05, 0) is 53.9 Å². The maximum Gasteiger partial charge on any atom is 0.193 e. The summed E-state index contributed by atoms with van der Waals surface area (Å²) in [7, 11) is 0. The number of hydrogen-bond acceptors (Lipinski definition) is 1. The summed E-state index contributed by atoms with van der Waals surface area (Å²) in [6.07, 6.45) is 0. The van der Waals surface area contributed by atoms with E-state index in [1.54, 1.807) is 0 Å². The number of aryl methyl sites for hydroxylation is 2. The summed E-state index contributed by atoms with van der Waals surface area (Å²) >= 11 is 3.55. The van der Waals surface area contributed by atoms with Crippen molar-refractivity contribution in [2.24, 2.45) is 0 Å². The zero-order chi connectivity index (χ0) is 15.0. The van der Waals surface area contributed by atoms with Gasteiger partial charge in [0.2, 0.25) is 0 Å². The average molecular weight is 339 g/mol. The Kier molecular flexibility index (Phi) is 3.64. The van der Waals surface area contributed by atoms with Crippen LogP contribution in [0.1, 0.15) is 27.0 Å². The number of carbonyl (C=O) groups is 1. The third-order valence-electron chi connectivity index (χ3n) is 3.88. The molecule has 3 rings (SSSR count). The van der Waals surface area contributed by atoms with Crippen LogP contribution in [-0.4, -0.2) is 5.78 Å².